The summed E-state index contributed by atoms with van der Waals surface area (Å²) in [6.07, 6.45) is 11.5. The fourth-order valence-corrected chi connectivity index (χ4v) is 6.20. The van der Waals surface area contributed by atoms with Gasteiger partial charge in [0.2, 0.25) is 10.0 Å². The molecule has 0 spiro atoms. The predicted molar refractivity (Wildman–Crippen MR) is 169 cm³/mol. The third-order valence-electron chi connectivity index (χ3n) is 7.91. The van der Waals surface area contributed by atoms with E-state index in [0.717, 1.165) is 83.3 Å². The van der Waals surface area contributed by atoms with Gasteiger partial charge in [-0.2, -0.15) is 0 Å². The number of benzene rings is 2. The summed E-state index contributed by atoms with van der Waals surface area (Å²) >= 11 is 0. The molecule has 0 aromatic heterocycles. The lowest BCUT2D eigenvalue weighted by atomic mass is 9.95. The number of sulfonamides is 1. The van der Waals surface area contributed by atoms with Crippen LogP contribution in [0.5, 0.6) is 11.5 Å². The van der Waals surface area contributed by atoms with Crippen LogP contribution in [0, 0.1) is 5.92 Å². The van der Waals surface area contributed by atoms with E-state index in [2.05, 4.69) is 38.9 Å². The van der Waals surface area contributed by atoms with E-state index in [4.69, 9.17) is 4.74 Å². The highest BCUT2D eigenvalue weighted by molar-refractivity contribution is 7.92. The van der Waals surface area contributed by atoms with Gasteiger partial charge in [0, 0.05) is 31.4 Å². The Kier molecular flexibility index (Phi) is 13.1. The van der Waals surface area contributed by atoms with Crippen molar-refractivity contribution in [2.45, 2.75) is 77.3 Å². The minimum Gasteiger partial charge on any atom is -0.457 e. The number of anilines is 1. The zero-order valence-corrected chi connectivity index (χ0v) is 26.1. The Morgan fingerprint density at radius 3 is 2.15 bits per heavy atom. The van der Waals surface area contributed by atoms with Crippen LogP contribution in [0.15, 0.2) is 48.5 Å². The van der Waals surface area contributed by atoms with Gasteiger partial charge < -0.3 is 15.0 Å². The number of rotatable bonds is 12. The van der Waals surface area contributed by atoms with E-state index in [1.807, 2.05) is 12.1 Å². The Morgan fingerprint density at radius 2 is 1.56 bits per heavy atom. The Labute approximate surface area is 252 Å². The number of carbonyl (C=O) groups is 1. The molecule has 8 nitrogen and oxygen atoms in total. The molecule has 2 fully saturated rings. The summed E-state index contributed by atoms with van der Waals surface area (Å²) in [5.41, 5.74) is 1.75. The number of amides is 2. The Hall–Kier alpha value is -2.49. The van der Waals surface area contributed by atoms with Crippen LogP contribution in [-0.4, -0.2) is 62.7 Å². The van der Waals surface area contributed by atoms with Gasteiger partial charge in [-0.05, 0) is 93.1 Å². The van der Waals surface area contributed by atoms with Gasteiger partial charge in [-0.25, -0.2) is 13.2 Å². The highest BCUT2D eigenvalue weighted by atomic mass is 35.5. The van der Waals surface area contributed by atoms with Gasteiger partial charge in [0.1, 0.15) is 11.5 Å². The van der Waals surface area contributed by atoms with Gasteiger partial charge in [0.05, 0.1) is 6.26 Å². The number of ether oxygens (including phenoxy) is 1. The summed E-state index contributed by atoms with van der Waals surface area (Å²) in [5, 5.41) is 3.33. The van der Waals surface area contributed by atoms with Crippen molar-refractivity contribution < 1.29 is 17.9 Å². The molecule has 0 bridgehead atoms. The first-order chi connectivity index (χ1) is 19.3. The molecule has 0 unspecified atom stereocenters. The molecule has 1 saturated carbocycles. The van der Waals surface area contributed by atoms with E-state index in [0.29, 0.717) is 23.4 Å². The molecule has 41 heavy (non-hydrogen) atoms. The number of carbonyl (C=O) groups excluding carboxylic acids is 1. The van der Waals surface area contributed by atoms with Gasteiger partial charge in [0.15, 0.2) is 0 Å². The van der Waals surface area contributed by atoms with Crippen LogP contribution in [0.3, 0.4) is 0 Å². The molecule has 2 aromatic rings. The molecule has 2 aromatic carbocycles. The molecule has 10 heteroatoms. The summed E-state index contributed by atoms with van der Waals surface area (Å²) < 4.78 is 31.1. The smallest absolute Gasteiger partial charge is 0.317 e. The van der Waals surface area contributed by atoms with Crippen molar-refractivity contribution in [3.05, 3.63) is 54.1 Å². The normalized spacial score (nSPS) is 16.9. The topological polar surface area (TPSA) is 91.0 Å². The number of halogens is 1. The number of likely N-dealkylation sites (tertiary alicyclic amines) is 1. The molecule has 1 aliphatic carbocycles. The summed E-state index contributed by atoms with van der Waals surface area (Å²) in [5.74, 6) is 1.94. The first-order valence-corrected chi connectivity index (χ1v) is 16.8. The maximum atomic E-state index is 13.1. The number of nitrogens with one attached hydrogen (secondary N) is 2. The van der Waals surface area contributed by atoms with Gasteiger partial charge in [-0.3, -0.25) is 9.62 Å². The zero-order valence-electron chi connectivity index (χ0n) is 24.5. The lowest BCUT2D eigenvalue weighted by molar-refractivity contribution is 0.138. The number of hydrogen-bond donors (Lipinski definition) is 2. The number of piperidine rings is 1. The second kappa shape index (κ2) is 16.2. The molecular formula is C31H47ClN4O4S. The molecule has 2 N–H and O–H groups in total. The fraction of sp³-hybridized carbons (Fsp3) is 0.581. The second-order valence-corrected chi connectivity index (χ2v) is 13.2. The molecule has 1 aliphatic heterocycles. The van der Waals surface area contributed by atoms with Crippen LogP contribution in [0.25, 0.3) is 0 Å². The van der Waals surface area contributed by atoms with Crippen molar-refractivity contribution >= 4 is 34.1 Å². The average Bonchev–Trinajstić information content (AvgIpc) is 2.94. The minimum absolute atomic E-state index is 0. The van der Waals surface area contributed by atoms with Crippen LogP contribution in [0.2, 0.25) is 0 Å². The molecule has 2 aliphatic rings. The van der Waals surface area contributed by atoms with Crippen LogP contribution < -0.4 is 14.8 Å². The van der Waals surface area contributed by atoms with E-state index < -0.39 is 10.0 Å². The Bertz CT molecular complexity index is 1160. The van der Waals surface area contributed by atoms with Crippen molar-refractivity contribution in [1.29, 1.82) is 0 Å². The maximum absolute atomic E-state index is 13.1. The average molecular weight is 607 g/mol. The van der Waals surface area contributed by atoms with E-state index in [1.165, 1.54) is 24.8 Å². The van der Waals surface area contributed by atoms with Crippen molar-refractivity contribution in [3.63, 3.8) is 0 Å². The fourth-order valence-electron chi connectivity index (χ4n) is 5.64. The van der Waals surface area contributed by atoms with Crippen LogP contribution >= 0.6 is 12.4 Å². The van der Waals surface area contributed by atoms with Crippen molar-refractivity contribution in [2.24, 2.45) is 5.92 Å². The lowest BCUT2D eigenvalue weighted by Crippen LogP contribution is -2.48. The molecule has 1 heterocycles. The summed E-state index contributed by atoms with van der Waals surface area (Å²) in [6, 6.07) is 15.5. The summed E-state index contributed by atoms with van der Waals surface area (Å²) in [7, 11) is -3.30. The van der Waals surface area contributed by atoms with Crippen LogP contribution in [0.4, 0.5) is 10.5 Å². The van der Waals surface area contributed by atoms with E-state index in [9.17, 15) is 13.2 Å². The molecule has 0 radical (unpaired) electrons. The zero-order chi connectivity index (χ0) is 28.4. The third-order valence-corrected chi connectivity index (χ3v) is 8.52. The molecule has 1 saturated heterocycles. The second-order valence-electron chi connectivity index (χ2n) is 11.4. The summed E-state index contributed by atoms with van der Waals surface area (Å²) in [6.45, 7) is 6.90. The first-order valence-electron chi connectivity index (χ1n) is 14.9. The minimum atomic E-state index is -3.30. The van der Waals surface area contributed by atoms with Crippen molar-refractivity contribution in [2.75, 3.05) is 37.2 Å². The van der Waals surface area contributed by atoms with Crippen molar-refractivity contribution in [1.82, 2.24) is 15.1 Å². The van der Waals surface area contributed by atoms with Crippen molar-refractivity contribution in [3.8, 4) is 11.5 Å². The molecule has 2 amide bonds. The van der Waals surface area contributed by atoms with Crippen LogP contribution in [-0.2, 0) is 16.6 Å². The Balaban J connectivity index is 0.00000462. The quantitative estimate of drug-likeness (QED) is 0.283. The van der Waals surface area contributed by atoms with E-state index in [1.54, 1.807) is 24.3 Å². The van der Waals surface area contributed by atoms with Gasteiger partial charge in [-0.15, -0.1) is 12.4 Å². The predicted octanol–water partition coefficient (Wildman–Crippen LogP) is 6.63. The summed E-state index contributed by atoms with van der Waals surface area (Å²) in [4.78, 5) is 17.7. The molecule has 0 atom stereocenters. The highest BCUT2D eigenvalue weighted by Crippen LogP contribution is 2.25. The SMILES string of the molecule is CCCCN(CC1CCN(Cc2ccc(Oc3ccc(NS(C)(=O)=O)cc3)cc2)CC1)C(=O)NC1CCCCC1.Cl. The van der Waals surface area contributed by atoms with Gasteiger partial charge in [0.25, 0.3) is 0 Å². The number of unbranched alkanes of at least 4 members (excludes halogenated alkanes) is 1. The monoisotopic (exact) mass is 606 g/mol. The highest BCUT2D eigenvalue weighted by Gasteiger charge is 2.25. The number of hydrogen-bond acceptors (Lipinski definition) is 5. The van der Waals surface area contributed by atoms with Gasteiger partial charge >= 0.3 is 6.03 Å². The van der Waals surface area contributed by atoms with Crippen LogP contribution in [0.1, 0.15) is 70.3 Å². The van der Waals surface area contributed by atoms with E-state index >= 15 is 0 Å². The maximum Gasteiger partial charge on any atom is 0.317 e. The van der Waals surface area contributed by atoms with E-state index in [-0.39, 0.29) is 18.4 Å². The molecule has 4 rings (SSSR count). The number of urea groups is 1. The van der Waals surface area contributed by atoms with Gasteiger partial charge in [-0.1, -0.05) is 44.7 Å². The largest absolute Gasteiger partial charge is 0.457 e. The number of nitrogens with zero attached hydrogens (tertiary/aromatic N) is 2. The molecule has 228 valence electrons. The molecular weight excluding hydrogens is 560 g/mol. The Morgan fingerprint density at radius 1 is 0.951 bits per heavy atom. The third kappa shape index (κ3) is 11.4. The lowest BCUT2D eigenvalue weighted by Gasteiger charge is -2.36. The standard InChI is InChI=1S/C31H46N4O4S.ClH/c1-3-4-20-35(31(36)32-27-8-6-5-7-9-27)24-26-18-21-34(22-19-26)23-25-10-14-29(15-11-25)39-30-16-12-28(13-17-30)33-40(2,37)38;/h10-17,26-27,33H,3-9,18-24H2,1-2H3,(H,32,36);1H. The first kappa shape index (κ1) is 33.0.